The van der Waals surface area contributed by atoms with Gasteiger partial charge in [0.25, 0.3) is 0 Å². The molecule has 2 nitrogen and oxygen atoms in total. The number of thioether (sulfide) groups is 1. The van der Waals surface area contributed by atoms with E-state index in [9.17, 15) is 9.18 Å². The van der Waals surface area contributed by atoms with E-state index in [2.05, 4.69) is 13.0 Å². The third kappa shape index (κ3) is 3.79. The second-order valence-electron chi connectivity index (χ2n) is 7.24. The largest absolute Gasteiger partial charge is 0.393 e. The van der Waals surface area contributed by atoms with Gasteiger partial charge in [0, 0.05) is 10.4 Å². The van der Waals surface area contributed by atoms with E-state index in [1.807, 2.05) is 24.3 Å². The molecule has 148 valence electrons. The highest BCUT2D eigenvalue weighted by Crippen LogP contribution is 2.48. The van der Waals surface area contributed by atoms with Crippen LogP contribution in [0, 0.1) is 5.82 Å². The van der Waals surface area contributed by atoms with Gasteiger partial charge in [0.2, 0.25) is 0 Å². The second kappa shape index (κ2) is 8.21. The number of allylic oxidation sites excluding steroid dienone is 1. The summed E-state index contributed by atoms with van der Waals surface area (Å²) in [6.45, 7) is 2.16. The molecule has 3 aromatic rings. The molecule has 3 aromatic carbocycles. The fourth-order valence-electron chi connectivity index (χ4n) is 3.83. The Kier molecular flexibility index (Phi) is 5.66. The van der Waals surface area contributed by atoms with Gasteiger partial charge in [0.1, 0.15) is 5.82 Å². The van der Waals surface area contributed by atoms with E-state index in [1.54, 1.807) is 12.1 Å². The standard InChI is InChI=1S/C24H21ClFNOS/c1-2-3-6-14-11-15-8-5-10-18(20(15)19(25)12-14)23-22(28)21(24(27)29-23)16-7-4-9-17(26)13-16/h4-5,7-13,23H,2-3,6,27H2,1H3. The van der Waals surface area contributed by atoms with Gasteiger partial charge in [-0.2, -0.15) is 0 Å². The molecule has 0 aromatic heterocycles. The fraction of sp³-hybridized carbons (Fsp3) is 0.208. The Labute approximate surface area is 178 Å². The molecule has 5 heteroatoms. The zero-order valence-electron chi connectivity index (χ0n) is 16.0. The zero-order valence-corrected chi connectivity index (χ0v) is 17.6. The predicted octanol–water partition coefficient (Wildman–Crippen LogP) is 6.66. The van der Waals surface area contributed by atoms with E-state index in [-0.39, 0.29) is 5.78 Å². The highest BCUT2D eigenvalue weighted by molar-refractivity contribution is 8.04. The van der Waals surface area contributed by atoms with Gasteiger partial charge in [-0.15, -0.1) is 0 Å². The minimum atomic E-state index is -0.490. The van der Waals surface area contributed by atoms with Gasteiger partial charge in [0.05, 0.1) is 15.9 Å². The first-order valence-electron chi connectivity index (χ1n) is 9.67. The first-order valence-corrected chi connectivity index (χ1v) is 10.9. The number of carbonyl (C=O) groups excluding carboxylic acids is 1. The first-order chi connectivity index (χ1) is 14.0. The smallest absolute Gasteiger partial charge is 0.183 e. The lowest BCUT2D eigenvalue weighted by Crippen LogP contribution is -2.07. The summed E-state index contributed by atoms with van der Waals surface area (Å²) in [6.07, 6.45) is 3.21. The van der Waals surface area contributed by atoms with E-state index in [0.717, 1.165) is 35.6 Å². The van der Waals surface area contributed by atoms with Crippen molar-refractivity contribution in [2.24, 2.45) is 5.73 Å². The molecule has 0 radical (unpaired) electrons. The number of hydrogen-bond acceptors (Lipinski definition) is 3. The number of carbonyl (C=O) groups is 1. The summed E-state index contributed by atoms with van der Waals surface area (Å²) >= 11 is 7.97. The molecule has 1 unspecified atom stereocenters. The number of hydrogen-bond donors (Lipinski definition) is 1. The molecule has 0 amide bonds. The second-order valence-corrected chi connectivity index (χ2v) is 8.79. The topological polar surface area (TPSA) is 43.1 Å². The van der Waals surface area contributed by atoms with Gasteiger partial charge in [-0.1, -0.05) is 73.1 Å². The summed E-state index contributed by atoms with van der Waals surface area (Å²) in [4.78, 5) is 13.3. The number of ketones is 1. The van der Waals surface area contributed by atoms with Crippen LogP contribution in [-0.4, -0.2) is 5.78 Å². The van der Waals surface area contributed by atoms with Gasteiger partial charge in [-0.05, 0) is 53.1 Å². The predicted molar refractivity (Wildman–Crippen MR) is 120 cm³/mol. The van der Waals surface area contributed by atoms with Gasteiger partial charge < -0.3 is 5.73 Å². The minimum absolute atomic E-state index is 0.114. The van der Waals surface area contributed by atoms with E-state index in [0.29, 0.717) is 21.2 Å². The maximum Gasteiger partial charge on any atom is 0.183 e. The molecule has 0 aliphatic carbocycles. The van der Waals surface area contributed by atoms with Gasteiger partial charge in [0.15, 0.2) is 5.78 Å². The average molecular weight is 426 g/mol. The lowest BCUT2D eigenvalue weighted by atomic mass is 9.93. The first kappa shape index (κ1) is 20.0. The third-order valence-electron chi connectivity index (χ3n) is 5.21. The van der Waals surface area contributed by atoms with E-state index in [1.165, 1.54) is 29.5 Å². The molecule has 0 bridgehead atoms. The Morgan fingerprint density at radius 2 is 1.93 bits per heavy atom. The molecule has 2 N–H and O–H groups in total. The maximum atomic E-state index is 13.7. The molecule has 1 atom stereocenters. The van der Waals surface area contributed by atoms with E-state index >= 15 is 0 Å². The molecule has 1 aliphatic rings. The van der Waals surface area contributed by atoms with Crippen molar-refractivity contribution in [1.29, 1.82) is 0 Å². The van der Waals surface area contributed by atoms with Crippen LogP contribution in [0.2, 0.25) is 5.02 Å². The lowest BCUT2D eigenvalue weighted by molar-refractivity contribution is -0.113. The fourth-order valence-corrected chi connectivity index (χ4v) is 5.33. The zero-order chi connectivity index (χ0) is 20.5. The van der Waals surface area contributed by atoms with Crippen molar-refractivity contribution >= 4 is 45.5 Å². The summed E-state index contributed by atoms with van der Waals surface area (Å²) in [5.41, 5.74) is 9.14. The number of nitrogens with two attached hydrogens (primary N) is 1. The van der Waals surface area contributed by atoms with Crippen LogP contribution in [0.1, 0.15) is 41.7 Å². The quantitative estimate of drug-likeness (QED) is 0.497. The molecule has 1 heterocycles. The van der Waals surface area contributed by atoms with Crippen LogP contribution in [0.25, 0.3) is 16.3 Å². The monoisotopic (exact) mass is 425 g/mol. The Hall–Kier alpha value is -2.30. The van der Waals surface area contributed by atoms with Crippen LogP contribution in [-0.2, 0) is 11.2 Å². The Morgan fingerprint density at radius 3 is 2.69 bits per heavy atom. The normalized spacial score (nSPS) is 16.8. The molecule has 0 saturated heterocycles. The number of unbranched alkanes of at least 4 members (excludes halogenated alkanes) is 1. The summed E-state index contributed by atoms with van der Waals surface area (Å²) in [7, 11) is 0. The molecule has 4 rings (SSSR count). The van der Waals surface area contributed by atoms with Gasteiger partial charge in [-0.3, -0.25) is 4.79 Å². The van der Waals surface area contributed by atoms with Gasteiger partial charge in [-0.25, -0.2) is 4.39 Å². The molecular weight excluding hydrogens is 405 g/mol. The number of aryl methyl sites for hydroxylation is 1. The van der Waals surface area contributed by atoms with Crippen LogP contribution in [0.15, 0.2) is 59.6 Å². The van der Waals surface area contributed by atoms with Crippen molar-refractivity contribution in [2.75, 3.05) is 0 Å². The van der Waals surface area contributed by atoms with E-state index < -0.39 is 11.1 Å². The van der Waals surface area contributed by atoms with Crippen molar-refractivity contribution < 1.29 is 9.18 Å². The number of Topliss-reactive ketones (excluding diaryl/α,β-unsaturated/α-hetero) is 1. The van der Waals surface area contributed by atoms with Crippen molar-refractivity contribution in [3.05, 3.63) is 87.2 Å². The average Bonchev–Trinajstić information content (AvgIpc) is 2.99. The summed E-state index contributed by atoms with van der Waals surface area (Å²) in [5.74, 6) is -0.506. The van der Waals surface area contributed by atoms with E-state index in [4.69, 9.17) is 17.3 Å². The van der Waals surface area contributed by atoms with Crippen molar-refractivity contribution in [3.63, 3.8) is 0 Å². The lowest BCUT2D eigenvalue weighted by Gasteiger charge is -2.15. The third-order valence-corrected chi connectivity index (χ3v) is 6.67. The van der Waals surface area contributed by atoms with Crippen LogP contribution in [0.5, 0.6) is 0 Å². The van der Waals surface area contributed by atoms with Crippen LogP contribution < -0.4 is 5.73 Å². The molecule has 0 saturated carbocycles. The number of fused-ring (bicyclic) bond motifs is 1. The SMILES string of the molecule is CCCCc1cc(Cl)c2c(C3SC(N)=C(c4cccc(F)c4)C3=O)cccc2c1. The summed E-state index contributed by atoms with van der Waals surface area (Å²) < 4.78 is 13.7. The Morgan fingerprint density at radius 1 is 1.14 bits per heavy atom. The Balaban J connectivity index is 1.75. The summed E-state index contributed by atoms with van der Waals surface area (Å²) in [6, 6.07) is 16.0. The Bertz CT molecular complexity index is 1140. The van der Waals surface area contributed by atoms with Crippen molar-refractivity contribution in [2.45, 2.75) is 31.4 Å². The highest BCUT2D eigenvalue weighted by Gasteiger charge is 2.36. The van der Waals surface area contributed by atoms with Crippen LogP contribution in [0.4, 0.5) is 4.39 Å². The van der Waals surface area contributed by atoms with Gasteiger partial charge >= 0.3 is 0 Å². The minimum Gasteiger partial charge on any atom is -0.393 e. The molecule has 0 spiro atoms. The molecule has 0 fully saturated rings. The molecular formula is C24H21ClFNOS. The number of halogens is 2. The summed E-state index contributed by atoms with van der Waals surface area (Å²) in [5, 5.41) is 2.48. The van der Waals surface area contributed by atoms with Crippen molar-refractivity contribution in [3.8, 4) is 0 Å². The highest BCUT2D eigenvalue weighted by atomic mass is 35.5. The maximum absolute atomic E-state index is 13.7. The molecule has 1 aliphatic heterocycles. The number of rotatable bonds is 5. The number of benzene rings is 3. The van der Waals surface area contributed by atoms with Crippen LogP contribution >= 0.6 is 23.4 Å². The van der Waals surface area contributed by atoms with Crippen LogP contribution in [0.3, 0.4) is 0 Å². The molecule has 29 heavy (non-hydrogen) atoms. The van der Waals surface area contributed by atoms with Crippen molar-refractivity contribution in [1.82, 2.24) is 0 Å².